The molecule has 0 bridgehead atoms. The highest BCUT2D eigenvalue weighted by Gasteiger charge is 2.14. The number of piperazine rings is 1. The van der Waals surface area contributed by atoms with E-state index in [1.54, 1.807) is 0 Å². The maximum absolute atomic E-state index is 11.4. The summed E-state index contributed by atoms with van der Waals surface area (Å²) < 4.78 is 4.65. The van der Waals surface area contributed by atoms with E-state index in [0.717, 1.165) is 66.0 Å². The Morgan fingerprint density at radius 1 is 1.00 bits per heavy atom. The monoisotopic (exact) mass is 455 g/mol. The van der Waals surface area contributed by atoms with Crippen molar-refractivity contribution in [2.24, 2.45) is 0 Å². The zero-order chi connectivity index (χ0) is 23.5. The minimum absolute atomic E-state index is 0.483. The van der Waals surface area contributed by atoms with Crippen molar-refractivity contribution >= 4 is 22.8 Å². The highest BCUT2D eigenvalue weighted by molar-refractivity contribution is 5.96. The molecule has 0 spiro atoms. The summed E-state index contributed by atoms with van der Waals surface area (Å²) in [5, 5.41) is 3.74. The molecule has 7 heteroatoms. The highest BCUT2D eigenvalue weighted by Crippen LogP contribution is 2.31. The minimum Gasteiger partial charge on any atom is -0.453 e. The van der Waals surface area contributed by atoms with Crippen molar-refractivity contribution in [2.75, 3.05) is 45.7 Å². The number of carbonyl (C=O) groups excluding carboxylic acids is 1. The molecule has 1 amide bonds. The Labute approximate surface area is 199 Å². The number of hydrogen-bond acceptors (Lipinski definition) is 5. The molecule has 1 aliphatic rings. The third-order valence-electron chi connectivity index (χ3n) is 6.45. The number of pyridine rings is 1. The number of hydrogen-bond donors (Lipinski definition) is 2. The summed E-state index contributed by atoms with van der Waals surface area (Å²) >= 11 is 0. The number of aromatic nitrogens is 2. The number of carbonyl (C=O) groups is 1. The second-order valence-corrected chi connectivity index (χ2v) is 8.79. The molecule has 0 atom stereocenters. The third-order valence-corrected chi connectivity index (χ3v) is 6.45. The summed E-state index contributed by atoms with van der Waals surface area (Å²) in [7, 11) is 3.53. The van der Waals surface area contributed by atoms with Gasteiger partial charge in [0.15, 0.2) is 0 Å². The van der Waals surface area contributed by atoms with Crippen molar-refractivity contribution in [3.05, 3.63) is 72.6 Å². The third kappa shape index (κ3) is 4.81. The van der Waals surface area contributed by atoms with Gasteiger partial charge in [-0.15, -0.1) is 0 Å². The first-order chi connectivity index (χ1) is 16.6. The summed E-state index contributed by atoms with van der Waals surface area (Å²) in [6.07, 6.45) is 3.41. The van der Waals surface area contributed by atoms with Crippen molar-refractivity contribution in [1.82, 2.24) is 19.8 Å². The highest BCUT2D eigenvalue weighted by atomic mass is 16.5. The predicted octanol–water partition coefficient (Wildman–Crippen LogP) is 4.82. The smallest absolute Gasteiger partial charge is 0.411 e. The van der Waals surface area contributed by atoms with Crippen LogP contribution >= 0.6 is 0 Å². The lowest BCUT2D eigenvalue weighted by molar-refractivity contribution is 0.148. The van der Waals surface area contributed by atoms with E-state index in [9.17, 15) is 4.79 Å². The molecule has 0 aliphatic carbocycles. The lowest BCUT2D eigenvalue weighted by Crippen LogP contribution is -2.43. The quantitative estimate of drug-likeness (QED) is 0.451. The van der Waals surface area contributed by atoms with Gasteiger partial charge in [0.05, 0.1) is 7.11 Å². The molecular weight excluding hydrogens is 426 g/mol. The zero-order valence-corrected chi connectivity index (χ0v) is 19.5. The summed E-state index contributed by atoms with van der Waals surface area (Å²) in [5.74, 6) is 0. The van der Waals surface area contributed by atoms with Crippen molar-refractivity contribution in [2.45, 2.75) is 6.54 Å². The van der Waals surface area contributed by atoms with Crippen molar-refractivity contribution in [3.8, 4) is 22.3 Å². The number of nitrogens with one attached hydrogen (secondary N) is 2. The molecule has 1 fully saturated rings. The van der Waals surface area contributed by atoms with Gasteiger partial charge in [0, 0.05) is 67.3 Å². The van der Waals surface area contributed by atoms with E-state index < -0.39 is 6.09 Å². The average molecular weight is 456 g/mol. The first kappa shape index (κ1) is 22.1. The number of anilines is 1. The van der Waals surface area contributed by atoms with Crippen LogP contribution in [0.5, 0.6) is 0 Å². The molecule has 7 nitrogen and oxygen atoms in total. The number of rotatable bonds is 5. The molecule has 0 radical (unpaired) electrons. The van der Waals surface area contributed by atoms with Gasteiger partial charge >= 0.3 is 6.09 Å². The van der Waals surface area contributed by atoms with Crippen LogP contribution in [0.1, 0.15) is 5.56 Å². The Balaban J connectivity index is 1.35. The topological polar surface area (TPSA) is 73.5 Å². The van der Waals surface area contributed by atoms with Gasteiger partial charge in [-0.3, -0.25) is 10.2 Å². The fourth-order valence-corrected chi connectivity index (χ4v) is 4.37. The largest absolute Gasteiger partial charge is 0.453 e. The fraction of sp³-hybridized carbons (Fsp3) is 0.259. The Morgan fingerprint density at radius 3 is 2.41 bits per heavy atom. The van der Waals surface area contributed by atoms with E-state index in [2.05, 4.69) is 67.2 Å². The maximum Gasteiger partial charge on any atom is 0.411 e. The van der Waals surface area contributed by atoms with Crippen molar-refractivity contribution in [1.29, 1.82) is 0 Å². The zero-order valence-electron chi connectivity index (χ0n) is 19.5. The van der Waals surface area contributed by atoms with E-state index in [0.29, 0.717) is 5.69 Å². The molecule has 174 valence electrons. The van der Waals surface area contributed by atoms with Crippen LogP contribution in [0.2, 0.25) is 0 Å². The molecule has 5 rings (SSSR count). The van der Waals surface area contributed by atoms with Crippen LogP contribution in [0, 0.1) is 0 Å². The Hall–Kier alpha value is -3.68. The number of nitrogens with zero attached hydrogens (tertiary/aromatic N) is 3. The van der Waals surface area contributed by atoms with E-state index in [1.165, 1.54) is 12.7 Å². The number of benzene rings is 2. The number of likely N-dealkylation sites (N-methyl/N-ethyl adjacent to an activating group) is 1. The van der Waals surface area contributed by atoms with E-state index in [4.69, 9.17) is 0 Å². The molecule has 0 unspecified atom stereocenters. The van der Waals surface area contributed by atoms with Crippen molar-refractivity contribution in [3.63, 3.8) is 0 Å². The maximum atomic E-state index is 11.4. The van der Waals surface area contributed by atoms with Crippen molar-refractivity contribution < 1.29 is 9.53 Å². The molecular formula is C27H29N5O2. The number of H-pyrrole nitrogens is 1. The summed E-state index contributed by atoms with van der Waals surface area (Å²) in [6, 6.07) is 18.7. The van der Waals surface area contributed by atoms with Crippen LogP contribution in [-0.4, -0.2) is 66.2 Å². The van der Waals surface area contributed by atoms with E-state index in [-0.39, 0.29) is 0 Å². The van der Waals surface area contributed by atoms with Gasteiger partial charge in [-0.1, -0.05) is 36.4 Å². The number of amides is 1. The van der Waals surface area contributed by atoms with Gasteiger partial charge in [0.25, 0.3) is 0 Å². The molecule has 1 aliphatic heterocycles. The Morgan fingerprint density at radius 2 is 1.71 bits per heavy atom. The van der Waals surface area contributed by atoms with Gasteiger partial charge < -0.3 is 14.6 Å². The van der Waals surface area contributed by atoms with Gasteiger partial charge in [-0.05, 0) is 41.9 Å². The number of ether oxygens (including phenoxy) is 1. The SMILES string of the molecule is COC(=O)Nc1ccc(-c2c[nH]c3ncc(-c4ccc(CN5CCN(C)CC5)cc4)cc23)cc1. The van der Waals surface area contributed by atoms with E-state index >= 15 is 0 Å². The van der Waals surface area contributed by atoms with Gasteiger partial charge in [0.1, 0.15) is 5.65 Å². The van der Waals surface area contributed by atoms with Crippen LogP contribution in [0.4, 0.5) is 10.5 Å². The fourth-order valence-electron chi connectivity index (χ4n) is 4.37. The van der Waals surface area contributed by atoms with Crippen LogP contribution in [0.15, 0.2) is 67.0 Å². The van der Waals surface area contributed by atoms with Crippen LogP contribution in [-0.2, 0) is 11.3 Å². The number of methoxy groups -OCH3 is 1. The van der Waals surface area contributed by atoms with Crippen LogP contribution < -0.4 is 5.32 Å². The van der Waals surface area contributed by atoms with Crippen LogP contribution in [0.3, 0.4) is 0 Å². The second-order valence-electron chi connectivity index (χ2n) is 8.79. The predicted molar refractivity (Wildman–Crippen MR) is 136 cm³/mol. The average Bonchev–Trinajstić information content (AvgIpc) is 3.29. The van der Waals surface area contributed by atoms with Gasteiger partial charge in [0.2, 0.25) is 0 Å². The summed E-state index contributed by atoms with van der Waals surface area (Å²) in [6.45, 7) is 5.50. The molecule has 2 aromatic carbocycles. The second kappa shape index (κ2) is 9.67. The number of aromatic amines is 1. The lowest BCUT2D eigenvalue weighted by atomic mass is 10.0. The summed E-state index contributed by atoms with van der Waals surface area (Å²) in [4.78, 5) is 24.2. The molecule has 2 aromatic heterocycles. The molecule has 0 saturated carbocycles. The molecule has 2 N–H and O–H groups in total. The van der Waals surface area contributed by atoms with Gasteiger partial charge in [-0.2, -0.15) is 0 Å². The minimum atomic E-state index is -0.483. The first-order valence-corrected chi connectivity index (χ1v) is 11.5. The Bertz CT molecular complexity index is 1270. The normalized spacial score (nSPS) is 14.9. The Kier molecular flexibility index (Phi) is 6.29. The lowest BCUT2D eigenvalue weighted by Gasteiger charge is -2.32. The van der Waals surface area contributed by atoms with Crippen LogP contribution in [0.25, 0.3) is 33.3 Å². The standard InChI is InChI=1S/C27H29N5O2/c1-31-11-13-32(14-12-31)18-19-3-5-20(6-4-19)22-15-24-25(17-29-26(24)28-16-22)21-7-9-23(10-8-21)30-27(33)34-2/h3-10,15-17H,11-14,18H2,1-2H3,(H,28,29)(H,30,33). The molecule has 4 aromatic rings. The summed E-state index contributed by atoms with van der Waals surface area (Å²) in [5.41, 5.74) is 7.23. The number of fused-ring (bicyclic) bond motifs is 1. The first-order valence-electron chi connectivity index (χ1n) is 11.5. The van der Waals surface area contributed by atoms with E-state index in [1.807, 2.05) is 36.7 Å². The molecule has 3 heterocycles. The van der Waals surface area contributed by atoms with Gasteiger partial charge in [-0.25, -0.2) is 9.78 Å². The molecule has 1 saturated heterocycles. The molecule has 34 heavy (non-hydrogen) atoms.